The zero-order chi connectivity index (χ0) is 49.1. The Morgan fingerprint density at radius 2 is 0.603 bits per heavy atom. The first-order chi connectivity index (χ1) is 35.6. The molecule has 1 spiro atoms. The minimum atomic E-state index is -0.528. The number of hydrogen-bond acceptors (Lipinski definition) is 2. The quantitative estimate of drug-likeness (QED) is 0.163. The lowest BCUT2D eigenvalue weighted by Crippen LogP contribution is -2.31. The summed E-state index contributed by atoms with van der Waals surface area (Å²) in [6.07, 6.45) is 0. The first-order valence-corrected chi connectivity index (χ1v) is 26.0. The highest BCUT2D eigenvalue weighted by Crippen LogP contribution is 2.65. The maximum atomic E-state index is 2.55. The summed E-state index contributed by atoms with van der Waals surface area (Å²) in [5.41, 5.74) is 27.6. The van der Waals surface area contributed by atoms with E-state index in [1.807, 2.05) is 0 Å². The molecule has 11 aromatic carbocycles. The Bertz CT molecular complexity index is 3970. The van der Waals surface area contributed by atoms with E-state index in [1.54, 1.807) is 0 Å². The minimum Gasteiger partial charge on any atom is -0.344 e. The van der Waals surface area contributed by atoms with Crippen LogP contribution in [-0.2, 0) is 16.2 Å². The molecule has 348 valence electrons. The smallest absolute Gasteiger partial charge is 0.0731 e. The van der Waals surface area contributed by atoms with Crippen molar-refractivity contribution in [3.63, 3.8) is 0 Å². The van der Waals surface area contributed by atoms with E-state index in [4.69, 9.17) is 0 Å². The SMILES string of the molecule is CN1c2ccccc2C(C)(C)c2cccc(-c3cccc4c(-c5cccc6c5C5(c7ccccc7-c7ccccc75)c5ccccc5-6)c5cccc(-c6cccc7c6N(C)c6ccccc6C7(C)C)c5cc34)c21. The average Bonchev–Trinajstić information content (AvgIpc) is 3.92. The fourth-order valence-electron chi connectivity index (χ4n) is 14.7. The maximum Gasteiger partial charge on any atom is 0.0731 e. The first kappa shape index (κ1) is 42.2. The molecule has 0 amide bonds. The predicted molar refractivity (Wildman–Crippen MR) is 307 cm³/mol. The van der Waals surface area contributed by atoms with Crippen molar-refractivity contribution < 1.29 is 0 Å². The van der Waals surface area contributed by atoms with Crippen LogP contribution in [0, 0.1) is 0 Å². The van der Waals surface area contributed by atoms with Crippen molar-refractivity contribution in [2.75, 3.05) is 23.9 Å². The molecule has 2 heterocycles. The molecule has 2 nitrogen and oxygen atoms in total. The van der Waals surface area contributed by atoms with Crippen molar-refractivity contribution in [1.82, 2.24) is 0 Å². The van der Waals surface area contributed by atoms with Crippen LogP contribution >= 0.6 is 0 Å². The highest BCUT2D eigenvalue weighted by molar-refractivity contribution is 6.21. The van der Waals surface area contributed by atoms with Gasteiger partial charge in [0.1, 0.15) is 0 Å². The van der Waals surface area contributed by atoms with Crippen molar-refractivity contribution >= 4 is 44.3 Å². The Hall–Kier alpha value is -8.46. The van der Waals surface area contributed by atoms with Gasteiger partial charge in [0.25, 0.3) is 0 Å². The number of fused-ring (bicyclic) bond motifs is 16. The van der Waals surface area contributed by atoms with Crippen LogP contribution in [0.2, 0.25) is 0 Å². The van der Waals surface area contributed by atoms with Crippen LogP contribution < -0.4 is 9.80 Å². The van der Waals surface area contributed by atoms with Gasteiger partial charge in [-0.2, -0.15) is 0 Å². The van der Waals surface area contributed by atoms with Crippen LogP contribution in [0.3, 0.4) is 0 Å². The van der Waals surface area contributed by atoms with Crippen LogP contribution in [0.1, 0.15) is 72.2 Å². The van der Waals surface area contributed by atoms with Gasteiger partial charge in [-0.05, 0) is 129 Å². The molecule has 2 aliphatic heterocycles. The zero-order valence-electron chi connectivity index (χ0n) is 42.2. The average molecular weight is 935 g/mol. The van der Waals surface area contributed by atoms with E-state index >= 15 is 0 Å². The minimum absolute atomic E-state index is 0.198. The van der Waals surface area contributed by atoms with Gasteiger partial charge in [0.15, 0.2) is 0 Å². The molecule has 0 N–H and O–H groups in total. The Morgan fingerprint density at radius 1 is 0.274 bits per heavy atom. The van der Waals surface area contributed by atoms with E-state index in [9.17, 15) is 0 Å². The molecule has 11 aromatic rings. The van der Waals surface area contributed by atoms with E-state index in [-0.39, 0.29) is 10.8 Å². The molecule has 0 saturated carbocycles. The number of benzene rings is 11. The van der Waals surface area contributed by atoms with Crippen LogP contribution in [-0.4, -0.2) is 14.1 Å². The zero-order valence-corrected chi connectivity index (χ0v) is 42.2. The molecule has 0 aromatic heterocycles. The van der Waals surface area contributed by atoms with Crippen LogP contribution in [0.4, 0.5) is 22.7 Å². The molecule has 4 aliphatic rings. The summed E-state index contributed by atoms with van der Waals surface area (Å²) in [7, 11) is 4.52. The summed E-state index contributed by atoms with van der Waals surface area (Å²) >= 11 is 0. The number of hydrogen-bond donors (Lipinski definition) is 0. The lowest BCUT2D eigenvalue weighted by atomic mass is 9.68. The molecule has 0 saturated heterocycles. The summed E-state index contributed by atoms with van der Waals surface area (Å²) in [5.74, 6) is 0. The lowest BCUT2D eigenvalue weighted by molar-refractivity contribution is 0.630. The Labute approximate surface area is 428 Å². The molecule has 15 rings (SSSR count). The van der Waals surface area contributed by atoms with Crippen molar-refractivity contribution in [3.05, 3.63) is 263 Å². The van der Waals surface area contributed by atoms with Crippen molar-refractivity contribution in [3.8, 4) is 55.6 Å². The molecule has 0 atom stereocenters. The maximum absolute atomic E-state index is 2.55. The van der Waals surface area contributed by atoms with E-state index in [2.05, 4.69) is 270 Å². The second-order valence-corrected chi connectivity index (χ2v) is 22.0. The van der Waals surface area contributed by atoms with Gasteiger partial charge >= 0.3 is 0 Å². The highest BCUT2D eigenvalue weighted by atomic mass is 15.1. The van der Waals surface area contributed by atoms with E-state index in [0.717, 1.165) is 0 Å². The van der Waals surface area contributed by atoms with Gasteiger partial charge in [0, 0.05) is 47.4 Å². The third-order valence-electron chi connectivity index (χ3n) is 17.9. The van der Waals surface area contributed by atoms with Gasteiger partial charge in [0.2, 0.25) is 0 Å². The van der Waals surface area contributed by atoms with Crippen LogP contribution in [0.25, 0.3) is 77.2 Å². The normalized spacial score (nSPS) is 15.5. The van der Waals surface area contributed by atoms with E-state index < -0.39 is 5.41 Å². The fraction of sp³-hybridized carbons (Fsp3) is 0.127. The van der Waals surface area contributed by atoms with Gasteiger partial charge in [0.05, 0.1) is 16.8 Å². The van der Waals surface area contributed by atoms with Crippen molar-refractivity contribution in [2.24, 2.45) is 0 Å². The molecular weight excluding hydrogens is 881 g/mol. The van der Waals surface area contributed by atoms with Gasteiger partial charge in [-0.15, -0.1) is 0 Å². The summed E-state index contributed by atoms with van der Waals surface area (Å²) in [5, 5.41) is 4.99. The molecule has 0 unspecified atom stereocenters. The highest BCUT2D eigenvalue weighted by Gasteiger charge is 2.53. The topological polar surface area (TPSA) is 6.48 Å². The summed E-state index contributed by atoms with van der Waals surface area (Å²) in [6.45, 7) is 9.57. The lowest BCUT2D eigenvalue weighted by Gasteiger charge is -2.41. The van der Waals surface area contributed by atoms with Gasteiger partial charge in [-0.3, -0.25) is 0 Å². The van der Waals surface area contributed by atoms with E-state index in [0.29, 0.717) is 0 Å². The standard InChI is InChI=1S/C71H54N2/c1-69(2)59-36-13-15-40-63(59)72(5)67-51(30-20-38-61(67)69)43-25-17-27-48-54(43)42-55-44(52-31-21-39-62-68(52)73(6)64-41-16-14-37-60(64)70(62,3)4)26-18-28-49(55)65(48)53-32-19-29-50-47-24-9-12-35-58(47)71(66(50)53)56-33-10-7-22-45(56)46-23-8-11-34-57(46)71/h7-42H,1-6H3. The van der Waals surface area contributed by atoms with Gasteiger partial charge < -0.3 is 9.80 Å². The monoisotopic (exact) mass is 934 g/mol. The second-order valence-electron chi connectivity index (χ2n) is 22.0. The molecule has 73 heavy (non-hydrogen) atoms. The van der Waals surface area contributed by atoms with Crippen molar-refractivity contribution in [1.29, 1.82) is 0 Å². The Kier molecular flexibility index (Phi) is 8.57. The van der Waals surface area contributed by atoms with E-state index in [1.165, 1.54) is 144 Å². The van der Waals surface area contributed by atoms with Crippen LogP contribution in [0.15, 0.2) is 218 Å². The largest absolute Gasteiger partial charge is 0.344 e. The van der Waals surface area contributed by atoms with Gasteiger partial charge in [-0.1, -0.05) is 228 Å². The molecule has 0 bridgehead atoms. The van der Waals surface area contributed by atoms with Crippen molar-refractivity contribution in [2.45, 2.75) is 43.9 Å². The number of para-hydroxylation sites is 4. The molecule has 2 aliphatic carbocycles. The third kappa shape index (κ3) is 5.33. The van der Waals surface area contributed by atoms with Crippen LogP contribution in [0.5, 0.6) is 0 Å². The summed E-state index contributed by atoms with van der Waals surface area (Å²) in [6, 6.07) is 83.5. The fourth-order valence-corrected chi connectivity index (χ4v) is 14.7. The Balaban J connectivity index is 1.09. The molecule has 0 fully saturated rings. The number of nitrogens with zero attached hydrogens (tertiary/aromatic N) is 2. The predicted octanol–water partition coefficient (Wildman–Crippen LogP) is 18.2. The molecular formula is C71H54N2. The second kappa shape index (κ2) is 14.8. The number of rotatable bonds is 3. The molecule has 2 heteroatoms. The molecule has 0 radical (unpaired) electrons. The first-order valence-electron chi connectivity index (χ1n) is 26.0. The third-order valence-corrected chi connectivity index (χ3v) is 17.9. The Morgan fingerprint density at radius 3 is 1.08 bits per heavy atom. The van der Waals surface area contributed by atoms with Gasteiger partial charge in [-0.25, -0.2) is 0 Å². The summed E-state index contributed by atoms with van der Waals surface area (Å²) < 4.78 is 0. The summed E-state index contributed by atoms with van der Waals surface area (Å²) in [4.78, 5) is 4.90. The number of anilines is 4.